The normalized spacial score (nSPS) is 49.1. The van der Waals surface area contributed by atoms with E-state index in [4.69, 9.17) is 42.6 Å². The third kappa shape index (κ3) is 9.64. The van der Waals surface area contributed by atoms with Crippen molar-refractivity contribution in [2.24, 2.45) is 23.7 Å². The van der Waals surface area contributed by atoms with Gasteiger partial charge in [-0.05, 0) is 69.2 Å². The molecule has 0 saturated carbocycles. The predicted molar refractivity (Wildman–Crippen MR) is 229 cm³/mol. The molecule has 20 atom stereocenters. The molecule has 4 N–H and O–H groups in total. The maximum atomic E-state index is 14.5. The smallest absolute Gasteiger partial charge is 0.230 e. The Morgan fingerprint density at radius 3 is 2.35 bits per heavy atom. The molecule has 0 aromatic heterocycles. The Bertz CT molecular complexity index is 1730. The fourth-order valence-corrected chi connectivity index (χ4v) is 10.7. The van der Waals surface area contributed by atoms with Gasteiger partial charge in [0.05, 0.1) is 55.3 Å². The van der Waals surface area contributed by atoms with Crippen LogP contribution in [0.5, 0.6) is 0 Å². The molecule has 7 aliphatic rings. The molecule has 62 heavy (non-hydrogen) atoms. The van der Waals surface area contributed by atoms with Gasteiger partial charge in [-0.3, -0.25) is 4.79 Å². The Balaban J connectivity index is 1.18. The largest absolute Gasteiger partial charge is 0.388 e. The quantitative estimate of drug-likeness (QED) is 0.242. The molecule has 2 bridgehead atoms. The van der Waals surface area contributed by atoms with E-state index in [0.717, 1.165) is 12.0 Å². The number of ether oxygens (including phenoxy) is 9. The summed E-state index contributed by atoms with van der Waals surface area (Å²) in [5.74, 6) is -2.09. The molecule has 1 unspecified atom stereocenters. The monoisotopic (exact) mass is 872 g/mol. The van der Waals surface area contributed by atoms with Gasteiger partial charge in [-0.1, -0.05) is 70.6 Å². The SMILES string of the molecule is CCC(C)[C@H]1O[C@]2(C=C[C@@H]1C)C[C@@H]1C[C@@H](C/C=C(\C)[C@@H](O[C@H]3C[C@H](OC)[C@@H](O[C@H]4C[C@H](OC)[C@@H](O)[C@H](C)O4)[C@H](C)O3)[C@@H](C)/C=C/C=C3\CO[C@@H]4[C@H](O)C(C)=C[C@@H](C(=O)N1)[C@]34O)O2. The van der Waals surface area contributed by atoms with Crippen LogP contribution in [0.1, 0.15) is 93.9 Å². The number of aliphatic hydroxyl groups is 3. The first-order chi connectivity index (χ1) is 29.5. The Morgan fingerprint density at radius 2 is 1.63 bits per heavy atom. The van der Waals surface area contributed by atoms with Crippen LogP contribution in [0.2, 0.25) is 0 Å². The number of aliphatic hydroxyl groups excluding tert-OH is 2. The summed E-state index contributed by atoms with van der Waals surface area (Å²) < 4.78 is 57.4. The average molecular weight is 872 g/mol. The molecule has 6 aliphatic heterocycles. The van der Waals surface area contributed by atoms with Gasteiger partial charge >= 0.3 is 0 Å². The highest BCUT2D eigenvalue weighted by molar-refractivity contribution is 5.84. The Kier molecular flexibility index (Phi) is 15.1. The van der Waals surface area contributed by atoms with Crippen LogP contribution in [0, 0.1) is 23.7 Å². The van der Waals surface area contributed by atoms with Gasteiger partial charge in [0.25, 0.3) is 0 Å². The second kappa shape index (κ2) is 19.7. The van der Waals surface area contributed by atoms with E-state index in [1.54, 1.807) is 40.2 Å². The number of amides is 1. The molecule has 0 aromatic rings. The van der Waals surface area contributed by atoms with Crippen molar-refractivity contribution in [3.8, 4) is 0 Å². The van der Waals surface area contributed by atoms with Crippen molar-refractivity contribution in [1.29, 1.82) is 0 Å². The molecule has 4 fully saturated rings. The molecule has 4 saturated heterocycles. The van der Waals surface area contributed by atoms with Crippen LogP contribution in [0.3, 0.4) is 0 Å². The van der Waals surface area contributed by atoms with Crippen molar-refractivity contribution in [3.63, 3.8) is 0 Å². The second-order valence-electron chi connectivity index (χ2n) is 19.1. The first-order valence-electron chi connectivity index (χ1n) is 23.0. The zero-order valence-corrected chi connectivity index (χ0v) is 38.3. The van der Waals surface area contributed by atoms with E-state index < -0.39 is 78.7 Å². The number of hydrogen-bond donors (Lipinski definition) is 4. The van der Waals surface area contributed by atoms with Gasteiger partial charge in [0.1, 0.15) is 30.0 Å². The lowest BCUT2D eigenvalue weighted by atomic mass is 9.70. The zero-order valence-electron chi connectivity index (χ0n) is 38.3. The molecule has 14 heteroatoms. The molecule has 6 heterocycles. The van der Waals surface area contributed by atoms with Gasteiger partial charge in [0.2, 0.25) is 5.91 Å². The lowest BCUT2D eigenvalue weighted by molar-refractivity contribution is -0.318. The Labute approximate surface area is 368 Å². The highest BCUT2D eigenvalue weighted by atomic mass is 16.7. The third-order valence-corrected chi connectivity index (χ3v) is 14.6. The summed E-state index contributed by atoms with van der Waals surface area (Å²) in [5, 5.41) is 37.6. The minimum Gasteiger partial charge on any atom is -0.388 e. The summed E-state index contributed by atoms with van der Waals surface area (Å²) in [6.07, 6.45) is 9.87. The summed E-state index contributed by atoms with van der Waals surface area (Å²) in [7, 11) is 3.23. The average Bonchev–Trinajstić information content (AvgIpc) is 3.58. The molecule has 1 spiro atoms. The number of fused-ring (bicyclic) bond motifs is 2. The molecule has 14 nitrogen and oxygen atoms in total. The molecule has 7 rings (SSSR count). The predicted octanol–water partition coefficient (Wildman–Crippen LogP) is 4.95. The number of hydrogen-bond acceptors (Lipinski definition) is 13. The lowest BCUT2D eigenvalue weighted by Crippen LogP contribution is -2.61. The van der Waals surface area contributed by atoms with E-state index in [1.807, 2.05) is 25.2 Å². The number of allylic oxidation sites excluding steroid dienone is 2. The highest BCUT2D eigenvalue weighted by Gasteiger charge is 2.59. The van der Waals surface area contributed by atoms with Gasteiger partial charge in [-0.25, -0.2) is 0 Å². The van der Waals surface area contributed by atoms with Crippen LogP contribution in [0.4, 0.5) is 0 Å². The van der Waals surface area contributed by atoms with E-state index in [1.165, 1.54) is 0 Å². The second-order valence-corrected chi connectivity index (χ2v) is 19.1. The van der Waals surface area contributed by atoms with Crippen LogP contribution in [0.25, 0.3) is 0 Å². The van der Waals surface area contributed by atoms with E-state index in [9.17, 15) is 20.1 Å². The number of carbonyl (C=O) groups is 1. The van der Waals surface area contributed by atoms with Crippen molar-refractivity contribution in [2.75, 3.05) is 20.8 Å². The van der Waals surface area contributed by atoms with Crippen LogP contribution in [-0.2, 0) is 47.4 Å². The zero-order chi connectivity index (χ0) is 44.7. The molecule has 0 aromatic carbocycles. The molecular formula is C48H73NO13. The van der Waals surface area contributed by atoms with Crippen molar-refractivity contribution in [1.82, 2.24) is 5.32 Å². The van der Waals surface area contributed by atoms with Crippen molar-refractivity contribution >= 4 is 5.91 Å². The summed E-state index contributed by atoms with van der Waals surface area (Å²) >= 11 is 0. The van der Waals surface area contributed by atoms with Crippen LogP contribution >= 0.6 is 0 Å². The van der Waals surface area contributed by atoms with Crippen molar-refractivity contribution < 1.29 is 62.7 Å². The van der Waals surface area contributed by atoms with Crippen LogP contribution in [0.15, 0.2) is 59.3 Å². The van der Waals surface area contributed by atoms with Crippen molar-refractivity contribution in [3.05, 3.63) is 59.3 Å². The highest BCUT2D eigenvalue weighted by Crippen LogP contribution is 2.46. The van der Waals surface area contributed by atoms with Gasteiger partial charge in [-0.2, -0.15) is 0 Å². The molecule has 1 aliphatic carbocycles. The summed E-state index contributed by atoms with van der Waals surface area (Å²) in [4.78, 5) is 14.5. The molecular weight excluding hydrogens is 799 g/mol. The van der Waals surface area contributed by atoms with Crippen LogP contribution in [-0.4, -0.2) is 139 Å². The van der Waals surface area contributed by atoms with Crippen molar-refractivity contribution in [2.45, 2.75) is 191 Å². The van der Waals surface area contributed by atoms with E-state index >= 15 is 0 Å². The van der Waals surface area contributed by atoms with E-state index in [-0.39, 0.29) is 54.6 Å². The maximum absolute atomic E-state index is 14.5. The first-order valence-corrected chi connectivity index (χ1v) is 23.0. The summed E-state index contributed by atoms with van der Waals surface area (Å²) in [5.41, 5.74) is 0.297. The standard InChI is InChI=1S/C48H73NO13/c1-11-25(2)43-28(5)17-18-47(62-43)23-33-20-34(61-47)16-15-27(4)42(26(3)13-12-14-32-24-56-45-40(50)29(6)19-35(46(52)49-33)48(32,45)53)59-39-22-37(55-10)44(31(8)58-39)60-38-21-36(54-9)41(51)30(7)57-38/h12-15,17-19,25-26,28,30-31,33-45,50-51,53H,11,16,20-24H2,1-10H3,(H,49,52)/b13-12+,27-15+,32-14+/t25?,26-,28-,30-,31-,33-,34+,35-,36-,37-,38-,39-,40+,41-,42-,43+,44-,45+,47+,48+/m0/s1. The molecule has 0 radical (unpaired) electrons. The summed E-state index contributed by atoms with van der Waals surface area (Å²) in [6.45, 7) is 16.2. The fraction of sp³-hybridized carbons (Fsp3) is 0.771. The minimum absolute atomic E-state index is 0.0595. The van der Waals surface area contributed by atoms with E-state index in [0.29, 0.717) is 43.3 Å². The number of nitrogens with one attached hydrogen (secondary N) is 1. The topological polar surface area (TPSA) is 173 Å². The van der Waals surface area contributed by atoms with Gasteiger partial charge in [-0.15, -0.1) is 0 Å². The fourth-order valence-electron chi connectivity index (χ4n) is 10.7. The number of rotatable bonds is 8. The van der Waals surface area contributed by atoms with Gasteiger partial charge < -0.3 is 63.3 Å². The van der Waals surface area contributed by atoms with Gasteiger partial charge in [0, 0.05) is 51.4 Å². The number of carbonyl (C=O) groups excluding carboxylic acids is 1. The van der Waals surface area contributed by atoms with Crippen LogP contribution < -0.4 is 5.32 Å². The maximum Gasteiger partial charge on any atom is 0.230 e. The number of methoxy groups -OCH3 is 2. The third-order valence-electron chi connectivity index (χ3n) is 14.6. The molecule has 1 amide bonds. The molecule has 348 valence electrons. The Morgan fingerprint density at radius 1 is 0.919 bits per heavy atom. The lowest BCUT2D eigenvalue weighted by Gasteiger charge is -2.49. The van der Waals surface area contributed by atoms with E-state index in [2.05, 4.69) is 52.1 Å². The van der Waals surface area contributed by atoms with Gasteiger partial charge in [0.15, 0.2) is 18.4 Å². The Hall–Kier alpha value is -2.31. The summed E-state index contributed by atoms with van der Waals surface area (Å²) in [6, 6.07) is -0.340. The minimum atomic E-state index is -1.77. The first kappa shape index (κ1) is 47.6.